The molecular weight excluding hydrogens is 338 g/mol. The number of methoxy groups -OCH3 is 1. The summed E-state index contributed by atoms with van der Waals surface area (Å²) >= 11 is 5.31. The van der Waals surface area contributed by atoms with Gasteiger partial charge in [-0.2, -0.15) is 0 Å². The van der Waals surface area contributed by atoms with Crippen LogP contribution in [0.3, 0.4) is 0 Å². The molecule has 0 bridgehead atoms. The van der Waals surface area contributed by atoms with Gasteiger partial charge in [-0.3, -0.25) is 0 Å². The molecule has 25 heavy (non-hydrogen) atoms. The molecule has 1 aromatic heterocycles. The number of benzene rings is 2. The Kier molecular flexibility index (Phi) is 5.15. The summed E-state index contributed by atoms with van der Waals surface area (Å²) in [6.07, 6.45) is 3.01. The summed E-state index contributed by atoms with van der Waals surface area (Å²) < 4.78 is 10.7. The number of thiocarbonyl (C=S) groups is 1. The number of oxazole rings is 1. The Morgan fingerprint density at radius 2 is 2.04 bits per heavy atom. The molecule has 0 atom stereocenters. The summed E-state index contributed by atoms with van der Waals surface area (Å²) in [6, 6.07) is 12.5. The molecule has 0 saturated carbocycles. The standard InChI is InChI=1S/C18H17N3O3S/c1-23-16-8-13(4-7-15(16)17-10-19-11-24-17)21-18(25)20-9-12-2-5-14(22)6-3-12/h2-8,10-11,22H,9H2,1H3,(H2,20,21,25). The van der Waals surface area contributed by atoms with E-state index in [4.69, 9.17) is 21.4 Å². The summed E-state index contributed by atoms with van der Waals surface area (Å²) in [6.45, 7) is 0.555. The molecule has 0 saturated heterocycles. The maximum absolute atomic E-state index is 9.29. The van der Waals surface area contributed by atoms with Gasteiger partial charge in [-0.25, -0.2) is 4.98 Å². The summed E-state index contributed by atoms with van der Waals surface area (Å²) in [7, 11) is 1.60. The second-order valence-electron chi connectivity index (χ2n) is 5.25. The van der Waals surface area contributed by atoms with E-state index in [2.05, 4.69) is 15.6 Å². The highest BCUT2D eigenvalue weighted by Crippen LogP contribution is 2.32. The van der Waals surface area contributed by atoms with Crippen LogP contribution in [0.2, 0.25) is 0 Å². The van der Waals surface area contributed by atoms with Crippen molar-refractivity contribution < 1.29 is 14.3 Å². The number of rotatable bonds is 5. The van der Waals surface area contributed by atoms with Crippen LogP contribution in [0.15, 0.2) is 59.5 Å². The smallest absolute Gasteiger partial charge is 0.181 e. The van der Waals surface area contributed by atoms with Crippen LogP contribution in [0.25, 0.3) is 11.3 Å². The predicted octanol–water partition coefficient (Wildman–Crippen LogP) is 3.54. The molecule has 0 unspecified atom stereocenters. The summed E-state index contributed by atoms with van der Waals surface area (Å²) in [5, 5.41) is 16.0. The number of phenols is 1. The topological polar surface area (TPSA) is 79.5 Å². The summed E-state index contributed by atoms with van der Waals surface area (Å²) in [4.78, 5) is 3.92. The lowest BCUT2D eigenvalue weighted by Crippen LogP contribution is -2.27. The zero-order valence-corrected chi connectivity index (χ0v) is 14.3. The van der Waals surface area contributed by atoms with Gasteiger partial charge in [0.15, 0.2) is 17.3 Å². The van der Waals surface area contributed by atoms with Crippen LogP contribution in [0.1, 0.15) is 5.56 Å². The number of anilines is 1. The molecule has 2 aromatic carbocycles. The normalized spacial score (nSPS) is 10.3. The second kappa shape index (κ2) is 7.67. The third kappa shape index (κ3) is 4.27. The van der Waals surface area contributed by atoms with Crippen LogP contribution in [-0.2, 0) is 6.54 Å². The minimum atomic E-state index is 0.239. The molecule has 0 aliphatic carbocycles. The monoisotopic (exact) mass is 355 g/mol. The number of aromatic hydroxyl groups is 1. The van der Waals surface area contributed by atoms with Crippen molar-refractivity contribution in [1.29, 1.82) is 0 Å². The molecule has 0 spiro atoms. The number of ether oxygens (including phenoxy) is 1. The fourth-order valence-electron chi connectivity index (χ4n) is 2.29. The van der Waals surface area contributed by atoms with E-state index in [1.807, 2.05) is 30.3 Å². The first-order valence-corrected chi connectivity index (χ1v) is 7.96. The van der Waals surface area contributed by atoms with E-state index >= 15 is 0 Å². The number of aromatic nitrogens is 1. The van der Waals surface area contributed by atoms with E-state index in [-0.39, 0.29) is 5.75 Å². The molecule has 3 N–H and O–H groups in total. The summed E-state index contributed by atoms with van der Waals surface area (Å²) in [5.74, 6) is 1.53. The quantitative estimate of drug-likeness (QED) is 0.604. The van der Waals surface area contributed by atoms with Crippen molar-refractivity contribution >= 4 is 23.0 Å². The van der Waals surface area contributed by atoms with Crippen molar-refractivity contribution in [3.05, 3.63) is 60.6 Å². The van der Waals surface area contributed by atoms with Gasteiger partial charge in [0.2, 0.25) is 0 Å². The van der Waals surface area contributed by atoms with Gasteiger partial charge in [-0.1, -0.05) is 12.1 Å². The lowest BCUT2D eigenvalue weighted by Gasteiger charge is -2.13. The van der Waals surface area contributed by atoms with E-state index in [0.29, 0.717) is 23.2 Å². The Morgan fingerprint density at radius 3 is 2.72 bits per heavy atom. The Balaban J connectivity index is 1.64. The largest absolute Gasteiger partial charge is 0.508 e. The van der Waals surface area contributed by atoms with Gasteiger partial charge in [0, 0.05) is 18.3 Å². The first kappa shape index (κ1) is 16.8. The van der Waals surface area contributed by atoms with Crippen LogP contribution in [0, 0.1) is 0 Å². The van der Waals surface area contributed by atoms with Crippen LogP contribution in [0.5, 0.6) is 11.5 Å². The molecule has 0 fully saturated rings. The van der Waals surface area contributed by atoms with Gasteiger partial charge in [0.25, 0.3) is 0 Å². The molecular formula is C18H17N3O3S. The van der Waals surface area contributed by atoms with Crippen molar-refractivity contribution in [2.75, 3.05) is 12.4 Å². The summed E-state index contributed by atoms with van der Waals surface area (Å²) in [5.41, 5.74) is 2.62. The molecule has 3 rings (SSSR count). The number of phenolic OH excluding ortho intramolecular Hbond substituents is 1. The van der Waals surface area contributed by atoms with Gasteiger partial charge in [-0.05, 0) is 42.0 Å². The molecule has 1 heterocycles. The van der Waals surface area contributed by atoms with E-state index in [1.165, 1.54) is 6.39 Å². The third-order valence-corrected chi connectivity index (χ3v) is 3.79. The lowest BCUT2D eigenvalue weighted by atomic mass is 10.1. The van der Waals surface area contributed by atoms with Gasteiger partial charge in [0.1, 0.15) is 11.5 Å². The molecule has 7 heteroatoms. The Hall–Kier alpha value is -3.06. The van der Waals surface area contributed by atoms with Crippen molar-refractivity contribution in [3.8, 4) is 22.8 Å². The zero-order chi connectivity index (χ0) is 17.6. The zero-order valence-electron chi connectivity index (χ0n) is 13.5. The van der Waals surface area contributed by atoms with Crippen molar-refractivity contribution in [2.24, 2.45) is 0 Å². The second-order valence-corrected chi connectivity index (χ2v) is 5.66. The Morgan fingerprint density at radius 1 is 1.24 bits per heavy atom. The van der Waals surface area contributed by atoms with Crippen LogP contribution < -0.4 is 15.4 Å². The van der Waals surface area contributed by atoms with Gasteiger partial charge >= 0.3 is 0 Å². The number of hydrogen-bond acceptors (Lipinski definition) is 5. The fourth-order valence-corrected chi connectivity index (χ4v) is 2.48. The molecule has 6 nitrogen and oxygen atoms in total. The fraction of sp³-hybridized carbons (Fsp3) is 0.111. The average Bonchev–Trinajstić information content (AvgIpc) is 3.15. The minimum absolute atomic E-state index is 0.239. The number of nitrogens with one attached hydrogen (secondary N) is 2. The van der Waals surface area contributed by atoms with E-state index < -0.39 is 0 Å². The Labute approximate surface area is 150 Å². The van der Waals surface area contributed by atoms with E-state index in [9.17, 15) is 5.11 Å². The van der Waals surface area contributed by atoms with Gasteiger partial charge in [0.05, 0.1) is 18.9 Å². The molecule has 0 aliphatic heterocycles. The van der Waals surface area contributed by atoms with E-state index in [0.717, 1.165) is 16.8 Å². The van der Waals surface area contributed by atoms with Crippen molar-refractivity contribution in [3.63, 3.8) is 0 Å². The first-order valence-electron chi connectivity index (χ1n) is 7.55. The van der Waals surface area contributed by atoms with Crippen LogP contribution in [-0.4, -0.2) is 22.3 Å². The molecule has 0 aliphatic rings. The average molecular weight is 355 g/mol. The van der Waals surface area contributed by atoms with Gasteiger partial charge < -0.3 is 24.9 Å². The highest BCUT2D eigenvalue weighted by Gasteiger charge is 2.10. The van der Waals surface area contributed by atoms with E-state index in [1.54, 1.807) is 25.4 Å². The maximum atomic E-state index is 9.29. The van der Waals surface area contributed by atoms with Crippen LogP contribution >= 0.6 is 12.2 Å². The van der Waals surface area contributed by atoms with Crippen LogP contribution in [0.4, 0.5) is 5.69 Å². The SMILES string of the molecule is COc1cc(NC(=S)NCc2ccc(O)cc2)ccc1-c1cnco1. The first-order chi connectivity index (χ1) is 12.2. The third-order valence-electron chi connectivity index (χ3n) is 3.55. The highest BCUT2D eigenvalue weighted by molar-refractivity contribution is 7.80. The Bertz CT molecular complexity index is 849. The maximum Gasteiger partial charge on any atom is 0.181 e. The lowest BCUT2D eigenvalue weighted by molar-refractivity contribution is 0.415. The molecule has 3 aromatic rings. The molecule has 128 valence electrons. The molecule has 0 amide bonds. The number of hydrogen-bond donors (Lipinski definition) is 3. The van der Waals surface area contributed by atoms with Crippen molar-refractivity contribution in [1.82, 2.24) is 10.3 Å². The van der Waals surface area contributed by atoms with Crippen molar-refractivity contribution in [2.45, 2.75) is 6.54 Å². The minimum Gasteiger partial charge on any atom is -0.508 e. The van der Waals surface area contributed by atoms with Gasteiger partial charge in [-0.15, -0.1) is 0 Å². The highest BCUT2D eigenvalue weighted by atomic mass is 32.1. The predicted molar refractivity (Wildman–Crippen MR) is 99.7 cm³/mol. The molecule has 0 radical (unpaired) electrons. The number of nitrogens with zero attached hydrogens (tertiary/aromatic N) is 1.